The van der Waals surface area contributed by atoms with E-state index in [2.05, 4.69) is 0 Å². The van der Waals surface area contributed by atoms with Gasteiger partial charge >= 0.3 is 0 Å². The van der Waals surface area contributed by atoms with Crippen LogP contribution >= 0.6 is 0 Å². The zero-order valence-corrected chi connectivity index (χ0v) is 8.42. The maximum absolute atomic E-state index is 12.4. The SMILES string of the molecule is CC(F)(F)CCCC[n+]1ccccc1. The highest BCUT2D eigenvalue weighted by Crippen LogP contribution is 2.19. The lowest BCUT2D eigenvalue weighted by Crippen LogP contribution is -2.32. The Labute approximate surface area is 83.4 Å². The number of rotatable bonds is 5. The number of unbranched alkanes of at least 4 members (excludes halogenated alkanes) is 1. The van der Waals surface area contributed by atoms with Crippen molar-refractivity contribution in [2.45, 2.75) is 38.7 Å². The van der Waals surface area contributed by atoms with Gasteiger partial charge in [0.05, 0.1) is 0 Å². The van der Waals surface area contributed by atoms with Gasteiger partial charge < -0.3 is 0 Å². The second-order valence-electron chi connectivity index (χ2n) is 3.64. The second-order valence-corrected chi connectivity index (χ2v) is 3.64. The van der Waals surface area contributed by atoms with Crippen molar-refractivity contribution in [1.82, 2.24) is 0 Å². The summed E-state index contributed by atoms with van der Waals surface area (Å²) in [5.74, 6) is -2.51. The molecule has 14 heavy (non-hydrogen) atoms. The molecule has 1 aromatic heterocycles. The monoisotopic (exact) mass is 200 g/mol. The van der Waals surface area contributed by atoms with E-state index in [1.54, 1.807) is 0 Å². The zero-order chi connectivity index (χ0) is 10.4. The lowest BCUT2D eigenvalue weighted by atomic mass is 10.1. The molecule has 0 fully saturated rings. The summed E-state index contributed by atoms with van der Waals surface area (Å²) in [4.78, 5) is 0. The molecule has 1 heterocycles. The van der Waals surface area contributed by atoms with Gasteiger partial charge in [0.1, 0.15) is 6.54 Å². The number of hydrogen-bond acceptors (Lipinski definition) is 0. The minimum absolute atomic E-state index is 0.0135. The van der Waals surface area contributed by atoms with Gasteiger partial charge in [-0.15, -0.1) is 0 Å². The van der Waals surface area contributed by atoms with Gasteiger partial charge in [0.2, 0.25) is 5.92 Å². The zero-order valence-electron chi connectivity index (χ0n) is 8.42. The fraction of sp³-hybridized carbons (Fsp3) is 0.545. The molecule has 0 saturated heterocycles. The van der Waals surface area contributed by atoms with Crippen LogP contribution in [0.3, 0.4) is 0 Å². The summed E-state index contributed by atoms with van der Waals surface area (Å²) in [5, 5.41) is 0. The average Bonchev–Trinajstić information content (AvgIpc) is 2.13. The van der Waals surface area contributed by atoms with E-state index in [0.29, 0.717) is 6.42 Å². The van der Waals surface area contributed by atoms with Crippen molar-refractivity contribution in [3.8, 4) is 0 Å². The highest BCUT2D eigenvalue weighted by Gasteiger charge is 2.19. The molecule has 0 aliphatic heterocycles. The fourth-order valence-corrected chi connectivity index (χ4v) is 1.31. The molecular formula is C11H16F2N+. The van der Waals surface area contributed by atoms with Crippen LogP contribution in [0.25, 0.3) is 0 Å². The number of alkyl halides is 2. The van der Waals surface area contributed by atoms with Crippen molar-refractivity contribution in [1.29, 1.82) is 0 Å². The fourth-order valence-electron chi connectivity index (χ4n) is 1.31. The Kier molecular flexibility index (Phi) is 3.98. The quantitative estimate of drug-likeness (QED) is 0.508. The molecule has 0 N–H and O–H groups in total. The number of pyridine rings is 1. The van der Waals surface area contributed by atoms with Crippen LogP contribution < -0.4 is 4.57 Å². The van der Waals surface area contributed by atoms with Crippen LogP contribution in [0.1, 0.15) is 26.2 Å². The van der Waals surface area contributed by atoms with Crippen LogP contribution in [0.5, 0.6) is 0 Å². The lowest BCUT2D eigenvalue weighted by molar-refractivity contribution is -0.697. The van der Waals surface area contributed by atoms with Gasteiger partial charge in [0.25, 0.3) is 0 Å². The molecule has 0 bridgehead atoms. The van der Waals surface area contributed by atoms with E-state index in [1.165, 1.54) is 0 Å². The van der Waals surface area contributed by atoms with Crippen LogP contribution in [0.2, 0.25) is 0 Å². The van der Waals surface area contributed by atoms with E-state index in [1.807, 2.05) is 35.2 Å². The van der Waals surface area contributed by atoms with Crippen molar-refractivity contribution < 1.29 is 13.3 Å². The summed E-state index contributed by atoms with van der Waals surface area (Å²) < 4.78 is 26.9. The molecule has 1 rings (SSSR count). The molecule has 0 atom stereocenters. The first-order chi connectivity index (χ1) is 6.58. The van der Waals surface area contributed by atoms with Crippen molar-refractivity contribution in [3.63, 3.8) is 0 Å². The molecule has 3 heteroatoms. The molecule has 0 aliphatic carbocycles. The first-order valence-corrected chi connectivity index (χ1v) is 4.90. The van der Waals surface area contributed by atoms with Crippen LogP contribution in [0.4, 0.5) is 8.78 Å². The number of aryl methyl sites for hydroxylation is 1. The summed E-state index contributed by atoms with van der Waals surface area (Å²) in [6.07, 6.45) is 5.26. The molecule has 0 aromatic carbocycles. The Morgan fingerprint density at radius 1 is 1.07 bits per heavy atom. The van der Waals surface area contributed by atoms with Crippen LogP contribution in [-0.4, -0.2) is 5.92 Å². The summed E-state index contributed by atoms with van der Waals surface area (Å²) >= 11 is 0. The molecule has 0 aliphatic rings. The van der Waals surface area contributed by atoms with Crippen molar-refractivity contribution in [2.75, 3.05) is 0 Å². The number of nitrogens with zero attached hydrogens (tertiary/aromatic N) is 1. The average molecular weight is 200 g/mol. The minimum atomic E-state index is -2.51. The normalized spacial score (nSPS) is 11.6. The molecule has 1 aromatic rings. The largest absolute Gasteiger partial charge is 0.245 e. The third-order valence-electron chi connectivity index (χ3n) is 2.06. The third-order valence-corrected chi connectivity index (χ3v) is 2.06. The third kappa shape index (κ3) is 4.90. The molecule has 0 unspecified atom stereocenters. The lowest BCUT2D eigenvalue weighted by Gasteiger charge is -2.07. The van der Waals surface area contributed by atoms with Crippen molar-refractivity contribution in [2.24, 2.45) is 0 Å². The maximum Gasteiger partial charge on any atom is 0.245 e. The van der Waals surface area contributed by atoms with Crippen LogP contribution in [0, 0.1) is 0 Å². The molecule has 1 nitrogen and oxygen atoms in total. The predicted molar refractivity (Wildman–Crippen MR) is 51.1 cm³/mol. The Bertz CT molecular complexity index is 254. The molecule has 78 valence electrons. The van der Waals surface area contributed by atoms with Gasteiger partial charge in [-0.2, -0.15) is 0 Å². The van der Waals surface area contributed by atoms with Crippen LogP contribution in [0.15, 0.2) is 30.6 Å². The standard InChI is InChI=1S/C11H16F2N/c1-11(12,13)7-3-6-10-14-8-4-2-5-9-14/h2,4-5,8-9H,3,6-7,10H2,1H3/q+1. The predicted octanol–water partition coefficient (Wildman–Crippen LogP) is 2.80. The number of aromatic nitrogens is 1. The second kappa shape index (κ2) is 5.03. The summed E-state index contributed by atoms with van der Waals surface area (Å²) in [7, 11) is 0. The van der Waals surface area contributed by atoms with Gasteiger partial charge in [0, 0.05) is 25.0 Å². The van der Waals surface area contributed by atoms with E-state index < -0.39 is 5.92 Å². The Hall–Kier alpha value is -0.990. The van der Waals surface area contributed by atoms with Crippen molar-refractivity contribution in [3.05, 3.63) is 30.6 Å². The Balaban J connectivity index is 2.17. The summed E-state index contributed by atoms with van der Waals surface area (Å²) in [6.45, 7) is 1.79. The molecular weight excluding hydrogens is 184 g/mol. The smallest absolute Gasteiger partial charge is 0.207 e. The highest BCUT2D eigenvalue weighted by atomic mass is 19.3. The Morgan fingerprint density at radius 3 is 2.29 bits per heavy atom. The summed E-state index contributed by atoms with van der Waals surface area (Å²) in [6, 6.07) is 5.82. The van der Waals surface area contributed by atoms with E-state index in [4.69, 9.17) is 0 Å². The molecule has 0 saturated carbocycles. The van der Waals surface area contributed by atoms with E-state index in [9.17, 15) is 8.78 Å². The molecule has 0 radical (unpaired) electrons. The highest BCUT2D eigenvalue weighted by molar-refractivity contribution is 4.83. The van der Waals surface area contributed by atoms with Gasteiger partial charge in [-0.05, 0) is 13.3 Å². The minimum Gasteiger partial charge on any atom is -0.207 e. The topological polar surface area (TPSA) is 3.88 Å². The first-order valence-electron chi connectivity index (χ1n) is 4.90. The molecule has 0 spiro atoms. The van der Waals surface area contributed by atoms with Gasteiger partial charge in [-0.25, -0.2) is 13.3 Å². The van der Waals surface area contributed by atoms with Crippen molar-refractivity contribution >= 4 is 0 Å². The first kappa shape index (κ1) is 11.1. The number of hydrogen-bond donors (Lipinski definition) is 0. The summed E-state index contributed by atoms with van der Waals surface area (Å²) in [5.41, 5.74) is 0. The maximum atomic E-state index is 12.4. The van der Waals surface area contributed by atoms with Gasteiger partial charge in [-0.3, -0.25) is 0 Å². The Morgan fingerprint density at radius 2 is 1.71 bits per heavy atom. The van der Waals surface area contributed by atoms with E-state index >= 15 is 0 Å². The van der Waals surface area contributed by atoms with Crippen LogP contribution in [-0.2, 0) is 6.54 Å². The van der Waals surface area contributed by atoms with E-state index in [-0.39, 0.29) is 6.42 Å². The molecule has 0 amide bonds. The van der Waals surface area contributed by atoms with E-state index in [0.717, 1.165) is 19.9 Å². The van der Waals surface area contributed by atoms with Gasteiger partial charge in [-0.1, -0.05) is 6.07 Å². The number of halogens is 2. The van der Waals surface area contributed by atoms with Gasteiger partial charge in [0.15, 0.2) is 12.4 Å².